The van der Waals surface area contributed by atoms with Crippen LogP contribution in [-0.2, 0) is 11.3 Å². The molecule has 0 aliphatic carbocycles. The summed E-state index contributed by atoms with van der Waals surface area (Å²) in [4.78, 5) is 15.3. The van der Waals surface area contributed by atoms with Gasteiger partial charge in [0.1, 0.15) is 23.8 Å². The van der Waals surface area contributed by atoms with Crippen LogP contribution in [0.25, 0.3) is 10.9 Å². The topological polar surface area (TPSA) is 60.6 Å². The van der Waals surface area contributed by atoms with Crippen LogP contribution in [0.1, 0.15) is 16.1 Å². The maximum atomic E-state index is 12.2. The fourth-order valence-corrected chi connectivity index (χ4v) is 2.40. The molecule has 1 heterocycles. The first-order chi connectivity index (χ1) is 11.2. The molecule has 0 bridgehead atoms. The van der Waals surface area contributed by atoms with Crippen LogP contribution in [0.4, 0.5) is 0 Å². The van der Waals surface area contributed by atoms with E-state index in [0.29, 0.717) is 17.2 Å². The van der Waals surface area contributed by atoms with Crippen LogP contribution in [-0.4, -0.2) is 25.2 Å². The van der Waals surface area contributed by atoms with E-state index in [1.54, 1.807) is 38.5 Å². The first kappa shape index (κ1) is 15.0. The van der Waals surface area contributed by atoms with Gasteiger partial charge in [-0.1, -0.05) is 18.2 Å². The Morgan fingerprint density at radius 2 is 1.87 bits per heavy atom. The summed E-state index contributed by atoms with van der Waals surface area (Å²) in [6, 6.07) is 14.8. The van der Waals surface area contributed by atoms with Crippen LogP contribution in [0.15, 0.2) is 48.5 Å². The third-order valence-corrected chi connectivity index (χ3v) is 3.60. The van der Waals surface area contributed by atoms with Crippen LogP contribution < -0.4 is 9.47 Å². The Morgan fingerprint density at radius 3 is 2.61 bits per heavy atom. The second-order valence-electron chi connectivity index (χ2n) is 5.02. The molecule has 0 radical (unpaired) electrons. The number of carbonyl (C=O) groups excluding carboxylic acids is 1. The smallest absolute Gasteiger partial charge is 0.355 e. The van der Waals surface area contributed by atoms with Gasteiger partial charge >= 0.3 is 5.97 Å². The van der Waals surface area contributed by atoms with Crippen LogP contribution >= 0.6 is 0 Å². The second-order valence-corrected chi connectivity index (χ2v) is 5.02. The minimum absolute atomic E-state index is 0.106. The predicted octanol–water partition coefficient (Wildman–Crippen LogP) is 3.54. The van der Waals surface area contributed by atoms with Gasteiger partial charge in [0, 0.05) is 16.5 Å². The maximum absolute atomic E-state index is 12.2. The highest BCUT2D eigenvalue weighted by atomic mass is 16.5. The molecule has 118 valence electrons. The summed E-state index contributed by atoms with van der Waals surface area (Å²) < 4.78 is 15.8. The molecular formula is C18H17NO4. The highest BCUT2D eigenvalue weighted by Gasteiger charge is 2.13. The molecule has 2 aromatic carbocycles. The normalized spacial score (nSPS) is 10.5. The van der Waals surface area contributed by atoms with E-state index in [0.717, 1.165) is 16.5 Å². The fraction of sp³-hybridized carbons (Fsp3) is 0.167. The SMILES string of the molecule is COc1ccc(OC)c(COC(=O)c2cc3ccccc3[nH]2)c1. The number of aromatic nitrogens is 1. The molecule has 5 heteroatoms. The zero-order chi connectivity index (χ0) is 16.2. The zero-order valence-electron chi connectivity index (χ0n) is 13.0. The third kappa shape index (κ3) is 3.13. The van der Waals surface area contributed by atoms with Gasteiger partial charge < -0.3 is 19.2 Å². The van der Waals surface area contributed by atoms with Gasteiger partial charge in [-0.25, -0.2) is 4.79 Å². The summed E-state index contributed by atoms with van der Waals surface area (Å²) in [6.45, 7) is 0.106. The Labute approximate surface area is 133 Å². The number of carbonyl (C=O) groups is 1. The van der Waals surface area contributed by atoms with Crippen LogP contribution in [0.5, 0.6) is 11.5 Å². The van der Waals surface area contributed by atoms with Gasteiger partial charge in [-0.05, 0) is 30.3 Å². The Hall–Kier alpha value is -2.95. The lowest BCUT2D eigenvalue weighted by Crippen LogP contribution is -2.06. The first-order valence-electron chi connectivity index (χ1n) is 7.17. The number of hydrogen-bond acceptors (Lipinski definition) is 4. The molecule has 23 heavy (non-hydrogen) atoms. The van der Waals surface area contributed by atoms with Crippen molar-refractivity contribution >= 4 is 16.9 Å². The second kappa shape index (κ2) is 6.44. The van der Waals surface area contributed by atoms with Gasteiger partial charge in [0.25, 0.3) is 0 Å². The minimum atomic E-state index is -0.411. The number of H-pyrrole nitrogens is 1. The highest BCUT2D eigenvalue weighted by molar-refractivity contribution is 5.94. The molecule has 0 aliphatic rings. The molecule has 0 amide bonds. The number of hydrogen-bond donors (Lipinski definition) is 1. The van der Waals surface area contributed by atoms with E-state index in [1.807, 2.05) is 24.3 Å². The molecule has 1 aromatic heterocycles. The van der Waals surface area contributed by atoms with Crippen molar-refractivity contribution in [3.8, 4) is 11.5 Å². The van der Waals surface area contributed by atoms with Gasteiger partial charge in [-0.3, -0.25) is 0 Å². The number of nitrogens with one attached hydrogen (secondary N) is 1. The zero-order valence-corrected chi connectivity index (χ0v) is 13.0. The quantitative estimate of drug-likeness (QED) is 0.732. The van der Waals surface area contributed by atoms with Crippen LogP contribution in [0.2, 0.25) is 0 Å². The van der Waals surface area contributed by atoms with Crippen LogP contribution in [0, 0.1) is 0 Å². The van der Waals surface area contributed by atoms with E-state index in [9.17, 15) is 4.79 Å². The van der Waals surface area contributed by atoms with E-state index in [2.05, 4.69) is 4.98 Å². The van der Waals surface area contributed by atoms with Crippen LogP contribution in [0.3, 0.4) is 0 Å². The van der Waals surface area contributed by atoms with Crippen molar-refractivity contribution in [2.45, 2.75) is 6.61 Å². The Morgan fingerprint density at radius 1 is 1.04 bits per heavy atom. The summed E-state index contributed by atoms with van der Waals surface area (Å²) in [5.74, 6) is 0.920. The molecule has 0 atom stereocenters. The summed E-state index contributed by atoms with van der Waals surface area (Å²) >= 11 is 0. The molecule has 0 spiro atoms. The summed E-state index contributed by atoms with van der Waals surface area (Å²) in [6.07, 6.45) is 0. The first-order valence-corrected chi connectivity index (χ1v) is 7.17. The van der Waals surface area contributed by atoms with Crippen molar-refractivity contribution in [2.75, 3.05) is 14.2 Å². The summed E-state index contributed by atoms with van der Waals surface area (Å²) in [5.41, 5.74) is 2.07. The van der Waals surface area contributed by atoms with Gasteiger partial charge in [-0.2, -0.15) is 0 Å². The Bertz CT molecular complexity index is 805. The van der Waals surface area contributed by atoms with Crippen molar-refractivity contribution in [2.24, 2.45) is 0 Å². The van der Waals surface area contributed by atoms with Gasteiger partial charge in [0.2, 0.25) is 0 Å². The molecule has 1 N–H and O–H groups in total. The van der Waals surface area contributed by atoms with E-state index in [1.165, 1.54) is 0 Å². The molecule has 0 saturated carbocycles. The lowest BCUT2D eigenvalue weighted by atomic mass is 10.2. The highest BCUT2D eigenvalue weighted by Crippen LogP contribution is 2.25. The number of aromatic amines is 1. The average Bonchev–Trinajstić information content (AvgIpc) is 3.03. The molecule has 0 aliphatic heterocycles. The molecule has 0 saturated heterocycles. The molecule has 0 unspecified atom stereocenters. The van der Waals surface area contributed by atoms with Gasteiger partial charge in [-0.15, -0.1) is 0 Å². The molecule has 3 rings (SSSR count). The minimum Gasteiger partial charge on any atom is -0.497 e. The molecule has 0 fully saturated rings. The number of esters is 1. The van der Waals surface area contributed by atoms with Crippen molar-refractivity contribution in [1.82, 2.24) is 4.98 Å². The summed E-state index contributed by atoms with van der Waals surface area (Å²) in [5, 5.41) is 0.971. The van der Waals surface area contributed by atoms with Gasteiger partial charge in [0.15, 0.2) is 0 Å². The number of para-hydroxylation sites is 1. The van der Waals surface area contributed by atoms with Crippen molar-refractivity contribution in [1.29, 1.82) is 0 Å². The van der Waals surface area contributed by atoms with E-state index >= 15 is 0 Å². The number of fused-ring (bicyclic) bond motifs is 1. The average molecular weight is 311 g/mol. The number of rotatable bonds is 5. The number of ether oxygens (including phenoxy) is 3. The molecular weight excluding hydrogens is 294 g/mol. The molecule has 3 aromatic rings. The monoisotopic (exact) mass is 311 g/mol. The summed E-state index contributed by atoms with van der Waals surface area (Å²) in [7, 11) is 3.16. The predicted molar refractivity (Wildman–Crippen MR) is 87.0 cm³/mol. The van der Waals surface area contributed by atoms with E-state index in [-0.39, 0.29) is 6.61 Å². The van der Waals surface area contributed by atoms with Crippen molar-refractivity contribution in [3.05, 3.63) is 59.8 Å². The van der Waals surface area contributed by atoms with Crippen molar-refractivity contribution in [3.63, 3.8) is 0 Å². The lowest BCUT2D eigenvalue weighted by molar-refractivity contribution is 0.0464. The third-order valence-electron chi connectivity index (χ3n) is 3.60. The number of methoxy groups -OCH3 is 2. The lowest BCUT2D eigenvalue weighted by Gasteiger charge is -2.10. The fourth-order valence-electron chi connectivity index (χ4n) is 2.40. The Balaban J connectivity index is 1.76. The van der Waals surface area contributed by atoms with Crippen molar-refractivity contribution < 1.29 is 19.0 Å². The van der Waals surface area contributed by atoms with Gasteiger partial charge in [0.05, 0.1) is 14.2 Å². The largest absolute Gasteiger partial charge is 0.497 e. The molecule has 5 nitrogen and oxygen atoms in total. The maximum Gasteiger partial charge on any atom is 0.355 e. The standard InChI is InChI=1S/C18H17NO4/c1-21-14-7-8-17(22-2)13(9-14)11-23-18(20)16-10-12-5-3-4-6-15(12)19-16/h3-10,19H,11H2,1-2H3. The van der Waals surface area contributed by atoms with E-state index < -0.39 is 5.97 Å². The number of benzene rings is 2. The van der Waals surface area contributed by atoms with E-state index in [4.69, 9.17) is 14.2 Å². The Kier molecular flexibility index (Phi) is 4.19.